The van der Waals surface area contributed by atoms with Gasteiger partial charge in [-0.05, 0) is 36.6 Å². The number of aromatic nitrogens is 3. The summed E-state index contributed by atoms with van der Waals surface area (Å²) in [5.74, 6) is -0.0422. The molecule has 27 heavy (non-hydrogen) atoms. The van der Waals surface area contributed by atoms with Crippen molar-refractivity contribution in [3.63, 3.8) is 0 Å². The summed E-state index contributed by atoms with van der Waals surface area (Å²) < 4.78 is 6.85. The number of fused-ring (bicyclic) bond motifs is 2. The lowest BCUT2D eigenvalue weighted by molar-refractivity contribution is 0.0982. The summed E-state index contributed by atoms with van der Waals surface area (Å²) in [7, 11) is 0. The Bertz CT molecular complexity index is 1230. The monoisotopic (exact) mass is 381 g/mol. The molecule has 4 aromatic rings. The van der Waals surface area contributed by atoms with E-state index in [1.165, 1.54) is 28.2 Å². The van der Waals surface area contributed by atoms with E-state index in [0.717, 1.165) is 33.5 Å². The van der Waals surface area contributed by atoms with E-state index in [4.69, 9.17) is 4.42 Å². The molecule has 4 rings (SSSR count). The number of ketones is 1. The van der Waals surface area contributed by atoms with Crippen molar-refractivity contribution in [2.75, 3.05) is 0 Å². The maximum absolute atomic E-state index is 12.7. The molecule has 0 N–H and O–H groups in total. The van der Waals surface area contributed by atoms with Gasteiger partial charge in [0.1, 0.15) is 11.2 Å². The molecule has 0 saturated heterocycles. The number of benzene rings is 1. The van der Waals surface area contributed by atoms with Gasteiger partial charge in [0.15, 0.2) is 22.7 Å². The first-order valence-electron chi connectivity index (χ1n) is 8.92. The predicted molar refractivity (Wildman–Crippen MR) is 105 cm³/mol. The van der Waals surface area contributed by atoms with Crippen molar-refractivity contribution < 1.29 is 9.21 Å². The minimum absolute atomic E-state index is 0.0422. The Morgan fingerprint density at radius 2 is 2.04 bits per heavy atom. The van der Waals surface area contributed by atoms with Gasteiger partial charge in [-0.3, -0.25) is 9.59 Å². The molecule has 1 aromatic carbocycles. The average molecular weight is 381 g/mol. The second-order valence-corrected chi connectivity index (χ2v) is 7.64. The van der Waals surface area contributed by atoms with Crippen molar-refractivity contribution in [2.24, 2.45) is 0 Å². The van der Waals surface area contributed by atoms with Crippen LogP contribution in [0, 0.1) is 6.92 Å². The molecule has 0 atom stereocenters. The van der Waals surface area contributed by atoms with E-state index in [0.29, 0.717) is 29.2 Å². The van der Waals surface area contributed by atoms with Gasteiger partial charge >= 0.3 is 0 Å². The highest BCUT2D eigenvalue weighted by Gasteiger charge is 2.18. The summed E-state index contributed by atoms with van der Waals surface area (Å²) in [6.45, 7) is 5.74. The van der Waals surface area contributed by atoms with E-state index in [-0.39, 0.29) is 11.3 Å². The smallest absolute Gasteiger partial charge is 0.259 e. The number of thiazole rings is 1. The highest BCUT2D eigenvalue weighted by atomic mass is 32.1. The maximum atomic E-state index is 12.7. The molecule has 6 nitrogen and oxygen atoms in total. The third-order valence-electron chi connectivity index (χ3n) is 4.73. The van der Waals surface area contributed by atoms with Gasteiger partial charge in [0, 0.05) is 23.8 Å². The second kappa shape index (κ2) is 6.74. The van der Waals surface area contributed by atoms with E-state index in [2.05, 4.69) is 16.9 Å². The summed E-state index contributed by atoms with van der Waals surface area (Å²) in [5.41, 5.74) is 4.70. The molecule has 7 heteroatoms. The minimum atomic E-state index is -0.213. The Hall–Kier alpha value is -2.80. The van der Waals surface area contributed by atoms with Gasteiger partial charge in [0.25, 0.3) is 5.56 Å². The zero-order valence-electron chi connectivity index (χ0n) is 15.4. The number of nitrogens with zero attached hydrogens (tertiary/aromatic N) is 3. The summed E-state index contributed by atoms with van der Waals surface area (Å²) in [5, 5.41) is 0. The Morgan fingerprint density at radius 1 is 1.22 bits per heavy atom. The zero-order valence-corrected chi connectivity index (χ0v) is 16.2. The molecule has 0 aliphatic carbocycles. The van der Waals surface area contributed by atoms with E-state index in [1.54, 1.807) is 6.92 Å². The summed E-state index contributed by atoms with van der Waals surface area (Å²) in [4.78, 5) is 35.2. The largest absolute Gasteiger partial charge is 0.443 e. The van der Waals surface area contributed by atoms with Crippen LogP contribution in [0.1, 0.15) is 52.5 Å². The molecule has 0 aliphatic heterocycles. The van der Waals surface area contributed by atoms with Crippen molar-refractivity contribution in [3.05, 3.63) is 62.3 Å². The molecule has 0 bridgehead atoms. The van der Waals surface area contributed by atoms with Crippen LogP contribution < -0.4 is 5.56 Å². The van der Waals surface area contributed by atoms with Crippen LogP contribution in [0.15, 0.2) is 33.8 Å². The Morgan fingerprint density at radius 3 is 2.78 bits per heavy atom. The fourth-order valence-electron chi connectivity index (χ4n) is 3.38. The lowest BCUT2D eigenvalue weighted by atomic mass is 10.00. The average Bonchev–Trinajstić information content (AvgIpc) is 3.23. The highest BCUT2D eigenvalue weighted by Crippen LogP contribution is 2.24. The lowest BCUT2D eigenvalue weighted by Crippen LogP contribution is -2.19. The number of oxazole rings is 1. The fraction of sp³-hybridized carbons (Fsp3) is 0.300. The molecule has 0 radical (unpaired) electrons. The van der Waals surface area contributed by atoms with Crippen LogP contribution in [0.5, 0.6) is 0 Å². The number of Topliss-reactive ketones (excluding diaryl/α,β-unsaturated/α-hetero) is 1. The van der Waals surface area contributed by atoms with Crippen molar-refractivity contribution in [2.45, 2.75) is 40.0 Å². The molecule has 3 aromatic heterocycles. The van der Waals surface area contributed by atoms with Gasteiger partial charge in [0.05, 0.1) is 5.69 Å². The molecule has 0 saturated carbocycles. The maximum Gasteiger partial charge on any atom is 0.259 e. The summed E-state index contributed by atoms with van der Waals surface area (Å²) in [6.07, 6.45) is 3.18. The van der Waals surface area contributed by atoms with Crippen LogP contribution in [0.2, 0.25) is 0 Å². The van der Waals surface area contributed by atoms with Crippen molar-refractivity contribution in [1.82, 2.24) is 14.4 Å². The molecule has 3 heterocycles. The molecule has 0 unspecified atom stereocenters. The van der Waals surface area contributed by atoms with Gasteiger partial charge in [-0.1, -0.05) is 13.8 Å². The van der Waals surface area contributed by atoms with E-state index in [9.17, 15) is 9.59 Å². The molecular weight excluding hydrogens is 362 g/mol. The molecule has 0 aliphatic rings. The first-order chi connectivity index (χ1) is 13.0. The number of rotatable bonds is 5. The summed E-state index contributed by atoms with van der Waals surface area (Å²) >= 11 is 1.38. The Balaban J connectivity index is 1.82. The van der Waals surface area contributed by atoms with Crippen LogP contribution >= 0.6 is 11.3 Å². The Kier molecular flexibility index (Phi) is 4.39. The standard InChI is InChI=1S/C20H19N3O3S/c1-4-12-7-15-17(26-10-21-15)8-13(12)6-14-9-18(25)23-19(16(24)5-2)11(3)27-20(23)22-14/h7-10H,4-6H2,1-3H3. The summed E-state index contributed by atoms with van der Waals surface area (Å²) in [6, 6.07) is 5.51. The van der Waals surface area contributed by atoms with Gasteiger partial charge in [-0.15, -0.1) is 11.3 Å². The SMILES string of the molecule is CCC(=O)c1c(C)sc2nc(Cc3cc4ocnc4cc3CC)cc(=O)n12. The van der Waals surface area contributed by atoms with E-state index >= 15 is 0 Å². The van der Waals surface area contributed by atoms with Gasteiger partial charge < -0.3 is 4.42 Å². The quantitative estimate of drug-likeness (QED) is 0.489. The normalized spacial score (nSPS) is 11.5. The first kappa shape index (κ1) is 17.6. The van der Waals surface area contributed by atoms with Crippen LogP contribution in [-0.2, 0) is 12.8 Å². The van der Waals surface area contributed by atoms with Crippen molar-refractivity contribution >= 4 is 33.2 Å². The highest BCUT2D eigenvalue weighted by molar-refractivity contribution is 7.17. The minimum Gasteiger partial charge on any atom is -0.443 e. The van der Waals surface area contributed by atoms with Crippen LogP contribution in [0.3, 0.4) is 0 Å². The number of carbonyl (C=O) groups is 1. The van der Waals surface area contributed by atoms with E-state index < -0.39 is 0 Å². The topological polar surface area (TPSA) is 77.5 Å². The number of aryl methyl sites for hydroxylation is 2. The molecular formula is C20H19N3O3S. The molecule has 0 spiro atoms. The van der Waals surface area contributed by atoms with E-state index in [1.807, 2.05) is 19.1 Å². The van der Waals surface area contributed by atoms with Crippen LogP contribution in [0.25, 0.3) is 16.1 Å². The third kappa shape index (κ3) is 2.98. The second-order valence-electron chi connectivity index (χ2n) is 6.46. The fourth-order valence-corrected chi connectivity index (χ4v) is 4.39. The van der Waals surface area contributed by atoms with Crippen molar-refractivity contribution in [1.29, 1.82) is 0 Å². The van der Waals surface area contributed by atoms with Gasteiger partial charge in [-0.2, -0.15) is 0 Å². The predicted octanol–water partition coefficient (Wildman–Crippen LogP) is 3.95. The zero-order chi connectivity index (χ0) is 19.1. The Labute approximate surface area is 159 Å². The number of hydrogen-bond donors (Lipinski definition) is 0. The lowest BCUT2D eigenvalue weighted by Gasteiger charge is -2.08. The molecule has 0 amide bonds. The van der Waals surface area contributed by atoms with Crippen LogP contribution in [0.4, 0.5) is 0 Å². The van der Waals surface area contributed by atoms with Crippen LogP contribution in [-0.4, -0.2) is 20.2 Å². The van der Waals surface area contributed by atoms with Gasteiger partial charge in [-0.25, -0.2) is 14.4 Å². The van der Waals surface area contributed by atoms with Gasteiger partial charge in [0.2, 0.25) is 0 Å². The number of carbonyl (C=O) groups excluding carboxylic acids is 1. The van der Waals surface area contributed by atoms with Crippen molar-refractivity contribution in [3.8, 4) is 0 Å². The first-order valence-corrected chi connectivity index (χ1v) is 9.73. The third-order valence-corrected chi connectivity index (χ3v) is 5.69. The molecule has 0 fully saturated rings. The molecule has 138 valence electrons. The number of hydrogen-bond acceptors (Lipinski definition) is 6.